The van der Waals surface area contributed by atoms with Gasteiger partial charge in [-0.2, -0.15) is 5.10 Å². The predicted molar refractivity (Wildman–Crippen MR) is 65.9 cm³/mol. The average molecular weight is 293 g/mol. The molecule has 2 rings (SSSR count). The second kappa shape index (κ2) is 4.55. The molecule has 0 spiro atoms. The van der Waals surface area contributed by atoms with Crippen molar-refractivity contribution in [1.29, 1.82) is 0 Å². The van der Waals surface area contributed by atoms with Gasteiger partial charge in [-0.25, -0.2) is 17.9 Å². The first kappa shape index (κ1) is 13.4. The van der Waals surface area contributed by atoms with Gasteiger partial charge in [0.25, 0.3) is 0 Å². The van der Waals surface area contributed by atoms with Crippen molar-refractivity contribution < 1.29 is 18.3 Å². The molecule has 1 atom stereocenters. The van der Waals surface area contributed by atoms with Crippen LogP contribution in [0.15, 0.2) is 0 Å². The highest BCUT2D eigenvalue weighted by atomic mass is 35.5. The van der Waals surface area contributed by atoms with E-state index in [1.807, 2.05) is 0 Å². The summed E-state index contributed by atoms with van der Waals surface area (Å²) in [5.74, 6) is -1.07. The summed E-state index contributed by atoms with van der Waals surface area (Å²) in [5.41, 5.74) is 0.361. The molecule has 0 aromatic carbocycles. The minimum Gasteiger partial charge on any atom is -0.478 e. The van der Waals surface area contributed by atoms with Gasteiger partial charge in [-0.1, -0.05) is 18.5 Å². The maximum atomic E-state index is 11.4. The molecular weight excluding hydrogens is 280 g/mol. The third kappa shape index (κ3) is 2.24. The first-order valence-corrected chi connectivity index (χ1v) is 7.76. The first-order chi connectivity index (χ1) is 8.35. The van der Waals surface area contributed by atoms with Crippen molar-refractivity contribution in [3.05, 3.63) is 16.4 Å². The second-order valence-corrected chi connectivity index (χ2v) is 6.86. The lowest BCUT2D eigenvalue weighted by Gasteiger charge is -2.09. The van der Waals surface area contributed by atoms with Crippen molar-refractivity contribution in [3.8, 4) is 0 Å². The first-order valence-electron chi connectivity index (χ1n) is 5.56. The molecule has 1 aliphatic rings. The Morgan fingerprint density at radius 3 is 2.67 bits per heavy atom. The summed E-state index contributed by atoms with van der Waals surface area (Å²) in [7, 11) is -3.06. The molecule has 0 bridgehead atoms. The van der Waals surface area contributed by atoms with E-state index in [1.54, 1.807) is 6.92 Å². The number of aryl methyl sites for hydroxylation is 1. The monoisotopic (exact) mass is 292 g/mol. The molecule has 0 aliphatic carbocycles. The Morgan fingerprint density at radius 2 is 2.28 bits per heavy atom. The number of halogens is 1. The van der Waals surface area contributed by atoms with Crippen LogP contribution in [0.25, 0.3) is 0 Å². The van der Waals surface area contributed by atoms with E-state index in [0.29, 0.717) is 18.5 Å². The van der Waals surface area contributed by atoms with E-state index >= 15 is 0 Å². The maximum absolute atomic E-state index is 11.4. The van der Waals surface area contributed by atoms with Crippen LogP contribution in [0.2, 0.25) is 5.15 Å². The zero-order valence-corrected chi connectivity index (χ0v) is 11.3. The zero-order valence-electron chi connectivity index (χ0n) is 9.76. The quantitative estimate of drug-likeness (QED) is 0.903. The van der Waals surface area contributed by atoms with E-state index in [1.165, 1.54) is 4.68 Å². The van der Waals surface area contributed by atoms with Gasteiger partial charge in [0.05, 0.1) is 23.2 Å². The van der Waals surface area contributed by atoms with Gasteiger partial charge < -0.3 is 5.11 Å². The molecule has 0 amide bonds. The molecule has 0 radical (unpaired) electrons. The third-order valence-corrected chi connectivity index (χ3v) is 5.14. The highest BCUT2D eigenvalue weighted by molar-refractivity contribution is 7.91. The second-order valence-electron chi connectivity index (χ2n) is 4.27. The molecule has 18 heavy (non-hydrogen) atoms. The van der Waals surface area contributed by atoms with E-state index in [4.69, 9.17) is 16.7 Å². The smallest absolute Gasteiger partial charge is 0.340 e. The van der Waals surface area contributed by atoms with Gasteiger partial charge in [0, 0.05) is 0 Å². The van der Waals surface area contributed by atoms with Gasteiger partial charge in [-0.15, -0.1) is 0 Å². The molecular formula is C10H13ClN2O4S. The van der Waals surface area contributed by atoms with E-state index in [9.17, 15) is 13.2 Å². The standard InChI is InChI=1S/C10H13ClN2O4S/c1-2-7-8(10(14)15)9(11)13(12-7)6-3-4-18(16,17)5-6/h6H,2-5H2,1H3,(H,14,15). The SMILES string of the molecule is CCc1nn(C2CCS(=O)(=O)C2)c(Cl)c1C(=O)O. The summed E-state index contributed by atoms with van der Waals surface area (Å²) < 4.78 is 24.2. The van der Waals surface area contributed by atoms with Crippen LogP contribution >= 0.6 is 11.6 Å². The molecule has 1 aromatic rings. The van der Waals surface area contributed by atoms with Crippen molar-refractivity contribution in [2.24, 2.45) is 0 Å². The minimum atomic E-state index is -3.06. The number of aromatic carboxylic acids is 1. The fourth-order valence-electron chi connectivity index (χ4n) is 2.13. The molecule has 1 aliphatic heterocycles. The van der Waals surface area contributed by atoms with Crippen LogP contribution in [-0.4, -0.2) is 40.8 Å². The highest BCUT2D eigenvalue weighted by Gasteiger charge is 2.33. The fourth-order valence-corrected chi connectivity index (χ4v) is 4.18. The summed E-state index contributed by atoms with van der Waals surface area (Å²) in [6.07, 6.45) is 0.861. The largest absolute Gasteiger partial charge is 0.478 e. The lowest BCUT2D eigenvalue weighted by molar-refractivity contribution is 0.0696. The van der Waals surface area contributed by atoms with Crippen LogP contribution < -0.4 is 0 Å². The van der Waals surface area contributed by atoms with Gasteiger partial charge >= 0.3 is 5.97 Å². The van der Waals surface area contributed by atoms with Crippen molar-refractivity contribution in [2.45, 2.75) is 25.8 Å². The maximum Gasteiger partial charge on any atom is 0.340 e. The van der Waals surface area contributed by atoms with Crippen LogP contribution in [0.4, 0.5) is 0 Å². The minimum absolute atomic E-state index is 0.0152. The molecule has 1 saturated heterocycles. The molecule has 2 heterocycles. The van der Waals surface area contributed by atoms with Gasteiger partial charge in [0.1, 0.15) is 10.7 Å². The van der Waals surface area contributed by atoms with E-state index in [0.717, 1.165) is 0 Å². The zero-order chi connectivity index (χ0) is 13.5. The Labute approximate surface area is 109 Å². The normalized spacial score (nSPS) is 22.2. The number of nitrogens with zero attached hydrogens (tertiary/aromatic N) is 2. The number of hydrogen-bond acceptors (Lipinski definition) is 4. The molecule has 1 aromatic heterocycles. The summed E-state index contributed by atoms with van der Waals surface area (Å²) in [4.78, 5) is 11.1. The number of sulfone groups is 1. The molecule has 8 heteroatoms. The van der Waals surface area contributed by atoms with Gasteiger partial charge in [0.15, 0.2) is 9.84 Å². The van der Waals surface area contributed by atoms with Gasteiger partial charge in [-0.05, 0) is 12.8 Å². The summed E-state index contributed by atoms with van der Waals surface area (Å²) in [6.45, 7) is 1.78. The molecule has 100 valence electrons. The Balaban J connectivity index is 2.44. The van der Waals surface area contributed by atoms with E-state index in [2.05, 4.69) is 5.10 Å². The van der Waals surface area contributed by atoms with E-state index in [-0.39, 0.29) is 28.3 Å². The number of carbonyl (C=O) groups is 1. The topological polar surface area (TPSA) is 89.3 Å². The number of carboxylic acid groups (broad SMARTS) is 1. The Bertz CT molecular complexity index is 593. The van der Waals surface area contributed by atoms with E-state index < -0.39 is 15.8 Å². The molecule has 1 N–H and O–H groups in total. The van der Waals surface area contributed by atoms with Crippen LogP contribution in [0.3, 0.4) is 0 Å². The third-order valence-electron chi connectivity index (χ3n) is 3.03. The number of hydrogen-bond donors (Lipinski definition) is 1. The Morgan fingerprint density at radius 1 is 1.61 bits per heavy atom. The van der Waals surface area contributed by atoms with Crippen LogP contribution in [0.1, 0.15) is 35.4 Å². The van der Waals surface area contributed by atoms with Gasteiger partial charge in [-0.3, -0.25) is 0 Å². The summed E-state index contributed by atoms with van der Waals surface area (Å²) >= 11 is 6.00. The number of rotatable bonds is 3. The number of aromatic nitrogens is 2. The molecule has 1 fully saturated rings. The van der Waals surface area contributed by atoms with Crippen LogP contribution in [0.5, 0.6) is 0 Å². The molecule has 1 unspecified atom stereocenters. The number of carboxylic acids is 1. The fraction of sp³-hybridized carbons (Fsp3) is 0.600. The van der Waals surface area contributed by atoms with Crippen molar-refractivity contribution >= 4 is 27.4 Å². The van der Waals surface area contributed by atoms with Crippen LogP contribution in [-0.2, 0) is 16.3 Å². The Kier molecular flexibility index (Phi) is 3.37. The lowest BCUT2D eigenvalue weighted by Crippen LogP contribution is -2.13. The molecule has 0 saturated carbocycles. The van der Waals surface area contributed by atoms with Crippen molar-refractivity contribution in [3.63, 3.8) is 0 Å². The summed E-state index contributed by atoms with van der Waals surface area (Å²) in [6, 6.07) is -0.360. The average Bonchev–Trinajstić information content (AvgIpc) is 2.78. The van der Waals surface area contributed by atoms with Crippen molar-refractivity contribution in [1.82, 2.24) is 9.78 Å². The molecule has 6 nitrogen and oxygen atoms in total. The lowest BCUT2D eigenvalue weighted by atomic mass is 10.2. The van der Waals surface area contributed by atoms with Crippen molar-refractivity contribution in [2.75, 3.05) is 11.5 Å². The van der Waals surface area contributed by atoms with Gasteiger partial charge in [0.2, 0.25) is 0 Å². The predicted octanol–water partition coefficient (Wildman–Crippen LogP) is 1.16. The Hall–Kier alpha value is -1.08. The highest BCUT2D eigenvalue weighted by Crippen LogP contribution is 2.30. The van der Waals surface area contributed by atoms with Crippen LogP contribution in [0, 0.1) is 0 Å². The summed E-state index contributed by atoms with van der Waals surface area (Å²) in [5, 5.41) is 13.2.